The van der Waals surface area contributed by atoms with Gasteiger partial charge in [0.1, 0.15) is 11.6 Å². The molecule has 0 unspecified atom stereocenters. The lowest BCUT2D eigenvalue weighted by atomic mass is 10.2. The molecule has 1 aromatic heterocycles. The van der Waals surface area contributed by atoms with Crippen molar-refractivity contribution in [3.63, 3.8) is 0 Å². The van der Waals surface area contributed by atoms with Crippen LogP contribution in [0.1, 0.15) is 5.56 Å². The Morgan fingerprint density at radius 3 is 2.78 bits per heavy atom. The largest absolute Gasteiger partial charge is 0.378 e. The van der Waals surface area contributed by atoms with Crippen LogP contribution in [0.25, 0.3) is 0 Å². The van der Waals surface area contributed by atoms with Crippen LogP contribution in [0.5, 0.6) is 0 Å². The van der Waals surface area contributed by atoms with E-state index in [1.165, 1.54) is 6.20 Å². The van der Waals surface area contributed by atoms with Crippen LogP contribution in [0.3, 0.4) is 0 Å². The van der Waals surface area contributed by atoms with E-state index in [2.05, 4.69) is 26.2 Å². The van der Waals surface area contributed by atoms with Crippen LogP contribution >= 0.6 is 27.5 Å². The van der Waals surface area contributed by atoms with Crippen molar-refractivity contribution in [2.45, 2.75) is 6.54 Å². The monoisotopic (exact) mass is 332 g/mol. The molecule has 0 aliphatic carbocycles. The van der Waals surface area contributed by atoms with E-state index >= 15 is 0 Å². The van der Waals surface area contributed by atoms with E-state index in [1.807, 2.05) is 0 Å². The van der Waals surface area contributed by atoms with Gasteiger partial charge in [0.15, 0.2) is 0 Å². The minimum atomic E-state index is -0.534. The van der Waals surface area contributed by atoms with Gasteiger partial charge >= 0.3 is 0 Å². The van der Waals surface area contributed by atoms with Gasteiger partial charge in [-0.2, -0.15) is 0 Å². The number of hydrogen-bond donors (Lipinski definition) is 1. The van der Waals surface area contributed by atoms with Gasteiger partial charge in [0.2, 0.25) is 0 Å². The number of anilines is 1. The van der Waals surface area contributed by atoms with E-state index < -0.39 is 11.6 Å². The molecule has 6 heteroatoms. The van der Waals surface area contributed by atoms with Crippen LogP contribution in [-0.4, -0.2) is 4.98 Å². The molecule has 1 heterocycles. The number of pyridine rings is 1. The molecule has 0 aliphatic rings. The first-order chi connectivity index (χ1) is 8.58. The Labute approximate surface area is 116 Å². The summed E-state index contributed by atoms with van der Waals surface area (Å²) in [5.74, 6) is -1.06. The fourth-order valence-electron chi connectivity index (χ4n) is 1.40. The molecule has 0 saturated carbocycles. The van der Waals surface area contributed by atoms with Crippen LogP contribution in [0.4, 0.5) is 14.5 Å². The number of nitrogens with zero attached hydrogens (tertiary/aromatic N) is 1. The Bertz CT molecular complexity index is 578. The second-order valence-electron chi connectivity index (χ2n) is 3.57. The van der Waals surface area contributed by atoms with Gasteiger partial charge in [0.25, 0.3) is 0 Å². The van der Waals surface area contributed by atoms with Crippen molar-refractivity contribution >= 4 is 33.2 Å². The number of benzene rings is 1. The highest BCUT2D eigenvalue weighted by Gasteiger charge is 2.08. The molecule has 94 valence electrons. The summed E-state index contributed by atoms with van der Waals surface area (Å²) in [7, 11) is 0. The number of nitrogens with one attached hydrogen (secondary N) is 1. The van der Waals surface area contributed by atoms with Crippen LogP contribution in [0, 0.1) is 11.6 Å². The highest BCUT2D eigenvalue weighted by molar-refractivity contribution is 9.10. The van der Waals surface area contributed by atoms with Crippen molar-refractivity contribution < 1.29 is 8.78 Å². The van der Waals surface area contributed by atoms with Gasteiger partial charge in [0.05, 0.1) is 15.2 Å². The van der Waals surface area contributed by atoms with Crippen molar-refractivity contribution in [1.29, 1.82) is 0 Å². The lowest BCUT2D eigenvalue weighted by Crippen LogP contribution is -2.03. The maximum atomic E-state index is 13.5. The van der Waals surface area contributed by atoms with Crippen molar-refractivity contribution in [3.8, 4) is 0 Å². The van der Waals surface area contributed by atoms with Crippen molar-refractivity contribution in [3.05, 3.63) is 57.3 Å². The second kappa shape index (κ2) is 5.63. The molecule has 1 N–H and O–H groups in total. The molecule has 0 amide bonds. The zero-order valence-electron chi connectivity index (χ0n) is 9.05. The summed E-state index contributed by atoms with van der Waals surface area (Å²) in [6.07, 6.45) is 3.08. The predicted molar refractivity (Wildman–Crippen MR) is 70.6 cm³/mol. The van der Waals surface area contributed by atoms with E-state index in [1.54, 1.807) is 12.3 Å². The molecule has 0 bridgehead atoms. The van der Waals surface area contributed by atoms with E-state index in [4.69, 9.17) is 11.6 Å². The molecule has 2 nitrogen and oxygen atoms in total. The summed E-state index contributed by atoms with van der Waals surface area (Å²) in [5.41, 5.74) is 0.845. The topological polar surface area (TPSA) is 24.9 Å². The third kappa shape index (κ3) is 2.97. The third-order valence-corrected chi connectivity index (χ3v) is 3.28. The highest BCUT2D eigenvalue weighted by Crippen LogP contribution is 2.24. The van der Waals surface area contributed by atoms with Crippen LogP contribution in [0.15, 0.2) is 35.1 Å². The summed E-state index contributed by atoms with van der Waals surface area (Å²) in [4.78, 5) is 3.84. The van der Waals surface area contributed by atoms with Gasteiger partial charge in [-0.1, -0.05) is 11.6 Å². The first kappa shape index (κ1) is 13.2. The molecule has 0 saturated heterocycles. The molecular weight excluding hydrogens is 325 g/mol. The molecule has 1 aromatic carbocycles. The summed E-state index contributed by atoms with van der Waals surface area (Å²) >= 11 is 8.82. The Hall–Kier alpha value is -1.20. The van der Waals surface area contributed by atoms with E-state index in [0.717, 1.165) is 17.7 Å². The zero-order chi connectivity index (χ0) is 13.1. The Morgan fingerprint density at radius 2 is 2.06 bits per heavy atom. The maximum Gasteiger partial charge on any atom is 0.147 e. The summed E-state index contributed by atoms with van der Waals surface area (Å²) in [5, 5.41) is 3.27. The van der Waals surface area contributed by atoms with Crippen molar-refractivity contribution in [1.82, 2.24) is 4.98 Å². The highest BCUT2D eigenvalue weighted by atomic mass is 79.9. The average molecular weight is 334 g/mol. The quantitative estimate of drug-likeness (QED) is 0.843. The Balaban J connectivity index is 2.16. The molecule has 2 aromatic rings. The molecule has 0 aliphatic heterocycles. The number of aromatic nitrogens is 1. The predicted octanol–water partition coefficient (Wildman–Crippen LogP) is 4.39. The zero-order valence-corrected chi connectivity index (χ0v) is 11.4. The van der Waals surface area contributed by atoms with Gasteiger partial charge in [-0.15, -0.1) is 0 Å². The van der Waals surface area contributed by atoms with Crippen molar-refractivity contribution in [2.24, 2.45) is 0 Å². The van der Waals surface area contributed by atoms with Gasteiger partial charge < -0.3 is 5.32 Å². The van der Waals surface area contributed by atoms with E-state index in [0.29, 0.717) is 11.6 Å². The van der Waals surface area contributed by atoms with Gasteiger partial charge in [0, 0.05) is 25.0 Å². The molecule has 0 radical (unpaired) electrons. The minimum Gasteiger partial charge on any atom is -0.378 e. The van der Waals surface area contributed by atoms with Crippen LogP contribution in [-0.2, 0) is 6.54 Å². The summed E-state index contributed by atoms with van der Waals surface area (Å²) in [6.45, 7) is 0.291. The molecule has 0 spiro atoms. The normalized spacial score (nSPS) is 10.4. The SMILES string of the molecule is Fc1cc(NCc2ccncc2Cl)c(F)cc1Br. The van der Waals surface area contributed by atoms with Gasteiger partial charge in [-0.25, -0.2) is 8.78 Å². The Kier molecular flexibility index (Phi) is 4.14. The average Bonchev–Trinajstić information content (AvgIpc) is 2.34. The Morgan fingerprint density at radius 1 is 1.28 bits per heavy atom. The first-order valence-electron chi connectivity index (χ1n) is 5.04. The molecule has 0 atom stereocenters. The fourth-order valence-corrected chi connectivity index (χ4v) is 1.90. The standard InChI is InChI=1S/C12H8BrClF2N2/c13-8-3-11(16)12(4-10(8)15)18-5-7-1-2-17-6-9(7)14/h1-4,6,18H,5H2. The van der Waals surface area contributed by atoms with Gasteiger partial charge in [-0.05, 0) is 33.6 Å². The third-order valence-electron chi connectivity index (χ3n) is 2.34. The van der Waals surface area contributed by atoms with E-state index in [-0.39, 0.29) is 10.2 Å². The molecular formula is C12H8BrClF2N2. The molecule has 0 fully saturated rings. The number of halogens is 4. The number of hydrogen-bond acceptors (Lipinski definition) is 2. The lowest BCUT2D eigenvalue weighted by Gasteiger charge is -2.09. The minimum absolute atomic E-state index is 0.0866. The van der Waals surface area contributed by atoms with Crippen molar-refractivity contribution in [2.75, 3.05) is 5.32 Å². The first-order valence-corrected chi connectivity index (χ1v) is 6.22. The summed E-state index contributed by atoms with van der Waals surface area (Å²) < 4.78 is 26.9. The van der Waals surface area contributed by atoms with E-state index in [9.17, 15) is 8.78 Å². The second-order valence-corrected chi connectivity index (χ2v) is 4.83. The summed E-state index contributed by atoms with van der Waals surface area (Å²) in [6, 6.07) is 3.88. The van der Waals surface area contributed by atoms with Crippen LogP contribution in [0.2, 0.25) is 5.02 Å². The van der Waals surface area contributed by atoms with Crippen LogP contribution < -0.4 is 5.32 Å². The van der Waals surface area contributed by atoms with Gasteiger partial charge in [-0.3, -0.25) is 4.98 Å². The molecule has 18 heavy (non-hydrogen) atoms. The number of rotatable bonds is 3. The smallest absolute Gasteiger partial charge is 0.147 e. The lowest BCUT2D eigenvalue weighted by molar-refractivity contribution is 0.596. The molecule has 2 rings (SSSR count). The maximum absolute atomic E-state index is 13.5. The fraction of sp³-hybridized carbons (Fsp3) is 0.0833.